The topological polar surface area (TPSA) is 61.8 Å². The Kier molecular flexibility index (Phi) is 3.72. The van der Waals surface area contributed by atoms with Gasteiger partial charge < -0.3 is 14.2 Å². The molecule has 1 aliphatic heterocycles. The molecule has 0 saturated heterocycles. The second-order valence-corrected chi connectivity index (χ2v) is 4.21. The smallest absolute Gasteiger partial charge is 0.307 e. The molecule has 18 heavy (non-hydrogen) atoms. The van der Waals surface area contributed by atoms with E-state index in [1.165, 1.54) is 7.11 Å². The number of carbonyl (C=O) groups excluding carboxylic acids is 2. The largest absolute Gasteiger partial charge is 0.469 e. The number of methoxy groups -OCH3 is 1. The normalized spacial score (nSPS) is 14.1. The summed E-state index contributed by atoms with van der Waals surface area (Å²) in [5.74, 6) is 0.220. The number of alkyl halides is 1. The summed E-state index contributed by atoms with van der Waals surface area (Å²) in [6.45, 7) is 0.138. The lowest BCUT2D eigenvalue weighted by Crippen LogP contribution is -2.19. The molecule has 1 aromatic rings. The van der Waals surface area contributed by atoms with E-state index in [-0.39, 0.29) is 19.0 Å². The fourth-order valence-corrected chi connectivity index (χ4v) is 1.80. The molecule has 0 N–H and O–H groups in total. The predicted octanol–water partition coefficient (Wildman–Crippen LogP) is 1.77. The SMILES string of the molecule is COC(=O)CC(Cl)C(=O)c1ccc2c(c1)OCO2. The standard InChI is InChI=1S/C12H11ClO5/c1-16-11(14)5-8(13)12(15)7-2-3-9-10(4-7)18-6-17-9/h2-4,8H,5-6H2,1H3. The van der Waals surface area contributed by atoms with Crippen LogP contribution in [0, 0.1) is 0 Å². The molecule has 6 heteroatoms. The van der Waals surface area contributed by atoms with Gasteiger partial charge in [0.15, 0.2) is 17.3 Å². The Morgan fingerprint density at radius 1 is 1.39 bits per heavy atom. The van der Waals surface area contributed by atoms with Crippen molar-refractivity contribution in [2.24, 2.45) is 0 Å². The van der Waals surface area contributed by atoms with Gasteiger partial charge in [-0.2, -0.15) is 0 Å². The minimum absolute atomic E-state index is 0.138. The number of Topliss-reactive ketones (excluding diaryl/α,β-unsaturated/α-hetero) is 1. The summed E-state index contributed by atoms with van der Waals surface area (Å²) < 4.78 is 14.8. The Hall–Kier alpha value is -1.75. The van der Waals surface area contributed by atoms with Gasteiger partial charge in [-0.25, -0.2) is 0 Å². The number of halogens is 1. The highest BCUT2D eigenvalue weighted by molar-refractivity contribution is 6.34. The second kappa shape index (κ2) is 5.27. The van der Waals surface area contributed by atoms with Gasteiger partial charge in [-0.3, -0.25) is 9.59 Å². The van der Waals surface area contributed by atoms with Crippen molar-refractivity contribution in [3.8, 4) is 11.5 Å². The molecule has 0 aromatic heterocycles. The van der Waals surface area contributed by atoms with Crippen molar-refractivity contribution in [2.45, 2.75) is 11.8 Å². The molecule has 0 radical (unpaired) electrons. The summed E-state index contributed by atoms with van der Waals surface area (Å²) in [6.07, 6.45) is -0.161. The third-order valence-electron chi connectivity index (χ3n) is 2.52. The number of ketones is 1. The van der Waals surface area contributed by atoms with Crippen LogP contribution >= 0.6 is 11.6 Å². The number of benzene rings is 1. The maximum absolute atomic E-state index is 12.0. The number of hydrogen-bond acceptors (Lipinski definition) is 5. The molecule has 1 unspecified atom stereocenters. The lowest BCUT2D eigenvalue weighted by molar-refractivity contribution is -0.140. The Morgan fingerprint density at radius 2 is 2.11 bits per heavy atom. The fourth-order valence-electron chi connectivity index (χ4n) is 1.55. The lowest BCUT2D eigenvalue weighted by Gasteiger charge is -2.07. The van der Waals surface area contributed by atoms with Crippen LogP contribution in [0.3, 0.4) is 0 Å². The minimum Gasteiger partial charge on any atom is -0.469 e. The van der Waals surface area contributed by atoms with E-state index in [9.17, 15) is 9.59 Å². The molecule has 1 aromatic carbocycles. The molecule has 1 aliphatic rings. The van der Waals surface area contributed by atoms with E-state index < -0.39 is 11.3 Å². The van der Waals surface area contributed by atoms with Crippen molar-refractivity contribution in [2.75, 3.05) is 13.9 Å². The molecule has 96 valence electrons. The molecule has 0 amide bonds. The summed E-state index contributed by atoms with van der Waals surface area (Å²) in [7, 11) is 1.25. The molecular formula is C12H11ClO5. The molecule has 1 heterocycles. The Morgan fingerprint density at radius 3 is 2.83 bits per heavy atom. The van der Waals surface area contributed by atoms with Crippen molar-refractivity contribution in [3.05, 3.63) is 23.8 Å². The zero-order valence-electron chi connectivity index (χ0n) is 9.64. The quantitative estimate of drug-likeness (QED) is 0.474. The Labute approximate surface area is 109 Å². The lowest BCUT2D eigenvalue weighted by atomic mass is 10.1. The van der Waals surface area contributed by atoms with Crippen LogP contribution in [0.15, 0.2) is 18.2 Å². The van der Waals surface area contributed by atoms with Crippen LogP contribution in [0.1, 0.15) is 16.8 Å². The maximum atomic E-state index is 12.0. The number of ether oxygens (including phenoxy) is 3. The molecular weight excluding hydrogens is 260 g/mol. The molecule has 0 fully saturated rings. The predicted molar refractivity (Wildman–Crippen MR) is 63.2 cm³/mol. The molecule has 0 spiro atoms. The van der Waals surface area contributed by atoms with Gasteiger partial charge in [0, 0.05) is 5.56 Å². The van der Waals surface area contributed by atoms with Crippen LogP contribution in [0.2, 0.25) is 0 Å². The van der Waals surface area contributed by atoms with Gasteiger partial charge in [0.1, 0.15) is 5.38 Å². The first-order valence-electron chi connectivity index (χ1n) is 5.26. The second-order valence-electron chi connectivity index (χ2n) is 3.68. The van der Waals surface area contributed by atoms with Gasteiger partial charge in [0.25, 0.3) is 0 Å². The Balaban J connectivity index is 2.11. The van der Waals surface area contributed by atoms with Crippen LogP contribution in [0.5, 0.6) is 11.5 Å². The third kappa shape index (κ3) is 2.56. The highest BCUT2D eigenvalue weighted by Gasteiger charge is 2.23. The van der Waals surface area contributed by atoms with Gasteiger partial charge in [-0.05, 0) is 18.2 Å². The number of rotatable bonds is 4. The maximum Gasteiger partial charge on any atom is 0.307 e. The number of carbonyl (C=O) groups is 2. The van der Waals surface area contributed by atoms with Crippen molar-refractivity contribution in [1.29, 1.82) is 0 Å². The van der Waals surface area contributed by atoms with E-state index in [4.69, 9.17) is 21.1 Å². The molecule has 1 atom stereocenters. The number of fused-ring (bicyclic) bond motifs is 1. The zero-order valence-corrected chi connectivity index (χ0v) is 10.4. The van der Waals surface area contributed by atoms with Gasteiger partial charge >= 0.3 is 5.97 Å². The van der Waals surface area contributed by atoms with E-state index >= 15 is 0 Å². The van der Waals surface area contributed by atoms with Crippen molar-refractivity contribution in [3.63, 3.8) is 0 Å². The highest BCUT2D eigenvalue weighted by atomic mass is 35.5. The van der Waals surface area contributed by atoms with E-state index in [1.54, 1.807) is 18.2 Å². The summed E-state index contributed by atoms with van der Waals surface area (Å²) >= 11 is 5.87. The third-order valence-corrected chi connectivity index (χ3v) is 2.87. The van der Waals surface area contributed by atoms with Crippen molar-refractivity contribution >= 4 is 23.4 Å². The van der Waals surface area contributed by atoms with Crippen molar-refractivity contribution < 1.29 is 23.8 Å². The van der Waals surface area contributed by atoms with Crippen LogP contribution in [-0.4, -0.2) is 31.0 Å². The van der Waals surface area contributed by atoms with Gasteiger partial charge in [0.05, 0.1) is 13.5 Å². The minimum atomic E-state index is -0.946. The van der Waals surface area contributed by atoms with Crippen LogP contribution in [0.4, 0.5) is 0 Å². The van der Waals surface area contributed by atoms with E-state index in [0.29, 0.717) is 17.1 Å². The first-order chi connectivity index (χ1) is 8.61. The number of hydrogen-bond donors (Lipinski definition) is 0. The summed E-state index contributed by atoms with van der Waals surface area (Å²) in [5.41, 5.74) is 0.378. The first kappa shape index (κ1) is 12.7. The van der Waals surface area contributed by atoms with E-state index in [0.717, 1.165) is 0 Å². The zero-order chi connectivity index (χ0) is 13.1. The van der Waals surface area contributed by atoms with Crippen LogP contribution in [0.25, 0.3) is 0 Å². The average molecular weight is 271 g/mol. The molecule has 5 nitrogen and oxygen atoms in total. The van der Waals surface area contributed by atoms with Gasteiger partial charge in [0.2, 0.25) is 6.79 Å². The molecule has 0 aliphatic carbocycles. The summed E-state index contributed by atoms with van der Waals surface area (Å²) in [5, 5.41) is -0.946. The number of esters is 1. The summed E-state index contributed by atoms with van der Waals surface area (Å²) in [6, 6.07) is 4.77. The fraction of sp³-hybridized carbons (Fsp3) is 0.333. The summed E-state index contributed by atoms with van der Waals surface area (Å²) in [4.78, 5) is 23.0. The first-order valence-corrected chi connectivity index (χ1v) is 5.70. The average Bonchev–Trinajstić information content (AvgIpc) is 2.84. The highest BCUT2D eigenvalue weighted by Crippen LogP contribution is 2.33. The van der Waals surface area contributed by atoms with Crippen LogP contribution in [-0.2, 0) is 9.53 Å². The van der Waals surface area contributed by atoms with Gasteiger partial charge in [-0.15, -0.1) is 11.6 Å². The molecule has 0 saturated carbocycles. The Bertz CT molecular complexity index is 485. The van der Waals surface area contributed by atoms with Crippen molar-refractivity contribution in [1.82, 2.24) is 0 Å². The van der Waals surface area contributed by atoms with E-state index in [1.807, 2.05) is 0 Å². The van der Waals surface area contributed by atoms with Gasteiger partial charge in [-0.1, -0.05) is 0 Å². The molecule has 2 rings (SSSR count). The van der Waals surface area contributed by atoms with E-state index in [2.05, 4.69) is 4.74 Å². The monoisotopic (exact) mass is 270 g/mol. The molecule has 0 bridgehead atoms. The van der Waals surface area contributed by atoms with Crippen LogP contribution < -0.4 is 9.47 Å².